The van der Waals surface area contributed by atoms with Gasteiger partial charge in [0.1, 0.15) is 0 Å². The minimum absolute atomic E-state index is 0. The lowest BCUT2D eigenvalue weighted by molar-refractivity contribution is -0.117. The number of rotatable bonds is 3. The summed E-state index contributed by atoms with van der Waals surface area (Å²) in [5, 5.41) is 2.72. The number of hydrogen-bond acceptors (Lipinski definition) is 3. The van der Waals surface area contributed by atoms with Gasteiger partial charge in [-0.1, -0.05) is 6.07 Å². The molecule has 104 valence electrons. The Labute approximate surface area is 118 Å². The van der Waals surface area contributed by atoms with Gasteiger partial charge in [0.2, 0.25) is 11.8 Å². The van der Waals surface area contributed by atoms with Crippen LogP contribution in [-0.4, -0.2) is 24.4 Å². The smallest absolute Gasteiger partial charge is 0.240 e. The zero-order valence-corrected chi connectivity index (χ0v) is 11.6. The Balaban J connectivity index is 0.00000180. The molecule has 2 rings (SSSR count). The SMILES string of the molecule is C[C@@H](N)C(=O)Nc1cccc(N2CCCC2=O)c1.Cl. The van der Waals surface area contributed by atoms with E-state index in [2.05, 4.69) is 5.32 Å². The zero-order valence-electron chi connectivity index (χ0n) is 10.8. The first-order valence-corrected chi connectivity index (χ1v) is 6.05. The van der Waals surface area contributed by atoms with Crippen molar-refractivity contribution in [1.29, 1.82) is 0 Å². The lowest BCUT2D eigenvalue weighted by Crippen LogP contribution is -2.32. The number of nitrogens with zero attached hydrogens (tertiary/aromatic N) is 1. The molecular weight excluding hydrogens is 266 g/mol. The van der Waals surface area contributed by atoms with Crippen molar-refractivity contribution in [1.82, 2.24) is 0 Å². The van der Waals surface area contributed by atoms with E-state index in [4.69, 9.17) is 5.73 Å². The van der Waals surface area contributed by atoms with Crippen molar-refractivity contribution in [2.75, 3.05) is 16.8 Å². The predicted molar refractivity (Wildman–Crippen MR) is 77.6 cm³/mol. The molecule has 0 spiro atoms. The molecule has 1 aliphatic rings. The fraction of sp³-hybridized carbons (Fsp3) is 0.385. The molecule has 1 saturated heterocycles. The minimum atomic E-state index is -0.554. The second-order valence-electron chi connectivity index (χ2n) is 4.48. The highest BCUT2D eigenvalue weighted by Gasteiger charge is 2.21. The molecule has 1 aromatic rings. The van der Waals surface area contributed by atoms with E-state index >= 15 is 0 Å². The van der Waals surface area contributed by atoms with Gasteiger partial charge in [0, 0.05) is 24.3 Å². The van der Waals surface area contributed by atoms with E-state index in [1.165, 1.54) is 0 Å². The Morgan fingerprint density at radius 2 is 2.21 bits per heavy atom. The molecule has 1 heterocycles. The van der Waals surface area contributed by atoms with Gasteiger partial charge >= 0.3 is 0 Å². The Bertz CT molecular complexity index is 477. The maximum atomic E-state index is 11.6. The number of nitrogens with two attached hydrogens (primary N) is 1. The summed E-state index contributed by atoms with van der Waals surface area (Å²) in [6.07, 6.45) is 1.48. The van der Waals surface area contributed by atoms with Gasteiger partial charge in [-0.15, -0.1) is 12.4 Å². The second-order valence-corrected chi connectivity index (χ2v) is 4.48. The Morgan fingerprint density at radius 1 is 1.47 bits per heavy atom. The number of anilines is 2. The molecule has 0 aliphatic carbocycles. The van der Waals surface area contributed by atoms with Crippen molar-refractivity contribution in [3.05, 3.63) is 24.3 Å². The number of carbonyl (C=O) groups is 2. The van der Waals surface area contributed by atoms with E-state index < -0.39 is 6.04 Å². The minimum Gasteiger partial charge on any atom is -0.325 e. The van der Waals surface area contributed by atoms with Gasteiger partial charge < -0.3 is 16.0 Å². The van der Waals surface area contributed by atoms with Gasteiger partial charge in [-0.2, -0.15) is 0 Å². The van der Waals surface area contributed by atoms with Crippen molar-refractivity contribution >= 4 is 35.6 Å². The van der Waals surface area contributed by atoms with E-state index in [0.717, 1.165) is 18.7 Å². The molecule has 0 bridgehead atoms. The van der Waals surface area contributed by atoms with Crippen LogP contribution >= 0.6 is 12.4 Å². The normalized spacial score (nSPS) is 15.9. The van der Waals surface area contributed by atoms with Crippen molar-refractivity contribution in [3.63, 3.8) is 0 Å². The predicted octanol–water partition coefficient (Wildman–Crippen LogP) is 1.52. The number of carbonyl (C=O) groups excluding carboxylic acids is 2. The molecule has 1 atom stereocenters. The molecule has 6 heteroatoms. The van der Waals surface area contributed by atoms with Crippen LogP contribution in [-0.2, 0) is 9.59 Å². The second kappa shape index (κ2) is 6.54. The first-order chi connectivity index (χ1) is 8.58. The highest BCUT2D eigenvalue weighted by atomic mass is 35.5. The average Bonchev–Trinajstić information content (AvgIpc) is 2.75. The van der Waals surface area contributed by atoms with Crippen LogP contribution in [0.25, 0.3) is 0 Å². The molecule has 1 fully saturated rings. The molecule has 1 aromatic carbocycles. The third-order valence-corrected chi connectivity index (χ3v) is 2.91. The van der Waals surface area contributed by atoms with E-state index in [1.807, 2.05) is 12.1 Å². The Hall–Kier alpha value is -1.59. The van der Waals surface area contributed by atoms with Crippen LogP contribution in [0.2, 0.25) is 0 Å². The van der Waals surface area contributed by atoms with Gasteiger partial charge in [0.05, 0.1) is 6.04 Å². The molecule has 0 radical (unpaired) electrons. The standard InChI is InChI=1S/C13H17N3O2.ClH/c1-9(14)13(18)15-10-4-2-5-11(8-10)16-7-3-6-12(16)17;/h2,4-5,8-9H,3,6-7,14H2,1H3,(H,15,18);1H/t9-;/m1./s1. The van der Waals surface area contributed by atoms with Crippen molar-refractivity contribution in [2.45, 2.75) is 25.8 Å². The lowest BCUT2D eigenvalue weighted by Gasteiger charge is -2.17. The summed E-state index contributed by atoms with van der Waals surface area (Å²) >= 11 is 0. The van der Waals surface area contributed by atoms with Gasteiger partial charge in [-0.25, -0.2) is 0 Å². The zero-order chi connectivity index (χ0) is 13.1. The third-order valence-electron chi connectivity index (χ3n) is 2.91. The quantitative estimate of drug-likeness (QED) is 0.883. The summed E-state index contributed by atoms with van der Waals surface area (Å²) in [5.41, 5.74) is 6.97. The highest BCUT2D eigenvalue weighted by molar-refractivity contribution is 5.98. The van der Waals surface area contributed by atoms with E-state index in [9.17, 15) is 9.59 Å². The van der Waals surface area contributed by atoms with E-state index in [1.54, 1.807) is 24.0 Å². The fourth-order valence-corrected chi connectivity index (χ4v) is 1.93. The van der Waals surface area contributed by atoms with Crippen LogP contribution in [0.3, 0.4) is 0 Å². The number of benzene rings is 1. The first-order valence-electron chi connectivity index (χ1n) is 6.05. The molecule has 19 heavy (non-hydrogen) atoms. The summed E-state index contributed by atoms with van der Waals surface area (Å²) in [7, 11) is 0. The monoisotopic (exact) mass is 283 g/mol. The van der Waals surface area contributed by atoms with Crippen molar-refractivity contribution < 1.29 is 9.59 Å². The summed E-state index contributed by atoms with van der Waals surface area (Å²) in [5.74, 6) is -0.106. The number of nitrogens with one attached hydrogen (secondary N) is 1. The van der Waals surface area contributed by atoms with Crippen molar-refractivity contribution in [3.8, 4) is 0 Å². The van der Waals surface area contributed by atoms with Crippen LogP contribution < -0.4 is 16.0 Å². The van der Waals surface area contributed by atoms with Crippen LogP contribution in [0.15, 0.2) is 24.3 Å². The fourth-order valence-electron chi connectivity index (χ4n) is 1.93. The van der Waals surface area contributed by atoms with Crippen LogP contribution in [0, 0.1) is 0 Å². The maximum Gasteiger partial charge on any atom is 0.240 e. The Morgan fingerprint density at radius 3 is 2.79 bits per heavy atom. The molecule has 0 aromatic heterocycles. The van der Waals surface area contributed by atoms with Gasteiger partial charge in [0.25, 0.3) is 0 Å². The summed E-state index contributed by atoms with van der Waals surface area (Å²) in [6.45, 7) is 2.37. The molecule has 3 N–H and O–H groups in total. The lowest BCUT2D eigenvalue weighted by atomic mass is 10.2. The third kappa shape index (κ3) is 3.68. The maximum absolute atomic E-state index is 11.6. The Kier molecular flexibility index (Phi) is 5.32. The van der Waals surface area contributed by atoms with Crippen LogP contribution in [0.4, 0.5) is 11.4 Å². The van der Waals surface area contributed by atoms with Crippen LogP contribution in [0.5, 0.6) is 0 Å². The summed E-state index contributed by atoms with van der Waals surface area (Å²) in [6, 6.07) is 6.71. The van der Waals surface area contributed by atoms with E-state index in [-0.39, 0.29) is 24.2 Å². The number of halogens is 1. The molecule has 1 aliphatic heterocycles. The van der Waals surface area contributed by atoms with Crippen molar-refractivity contribution in [2.24, 2.45) is 5.73 Å². The molecule has 0 unspecified atom stereocenters. The molecular formula is C13H18ClN3O2. The summed E-state index contributed by atoms with van der Waals surface area (Å²) < 4.78 is 0. The van der Waals surface area contributed by atoms with Gasteiger partial charge in [0.15, 0.2) is 0 Å². The average molecular weight is 284 g/mol. The number of amides is 2. The topological polar surface area (TPSA) is 75.4 Å². The van der Waals surface area contributed by atoms with Crippen LogP contribution in [0.1, 0.15) is 19.8 Å². The molecule has 2 amide bonds. The largest absolute Gasteiger partial charge is 0.325 e. The number of hydrogen-bond donors (Lipinski definition) is 2. The summed E-state index contributed by atoms with van der Waals surface area (Å²) in [4.78, 5) is 24.9. The van der Waals surface area contributed by atoms with E-state index in [0.29, 0.717) is 12.1 Å². The molecule has 0 saturated carbocycles. The van der Waals surface area contributed by atoms with Gasteiger partial charge in [-0.05, 0) is 31.5 Å². The first kappa shape index (κ1) is 15.5. The van der Waals surface area contributed by atoms with Gasteiger partial charge in [-0.3, -0.25) is 9.59 Å². The molecule has 5 nitrogen and oxygen atoms in total. The highest BCUT2D eigenvalue weighted by Crippen LogP contribution is 2.24.